The van der Waals surface area contributed by atoms with Gasteiger partial charge < -0.3 is 15.0 Å². The van der Waals surface area contributed by atoms with E-state index >= 15 is 0 Å². The molecule has 5 rings (SSSR count). The molecule has 2 atom stereocenters. The first-order valence-electron chi connectivity index (χ1n) is 11.9. The molecule has 182 valence electrons. The van der Waals surface area contributed by atoms with E-state index in [1.165, 1.54) is 0 Å². The number of carbonyl (C=O) groups excluding carboxylic acids is 3. The van der Waals surface area contributed by atoms with Crippen LogP contribution in [-0.2, 0) is 15.1 Å². The monoisotopic (exact) mass is 492 g/mol. The quantitative estimate of drug-likeness (QED) is 0.528. The fourth-order valence-corrected chi connectivity index (χ4v) is 6.08. The number of piperidine rings is 1. The van der Waals surface area contributed by atoms with Gasteiger partial charge in [-0.25, -0.2) is 9.78 Å². The fourth-order valence-electron chi connectivity index (χ4n) is 4.99. The number of ether oxygens (including phenoxy) is 1. The van der Waals surface area contributed by atoms with Gasteiger partial charge in [0.15, 0.2) is 0 Å². The number of para-hydroxylation sites is 1. The number of rotatable bonds is 6. The van der Waals surface area contributed by atoms with Gasteiger partial charge in [0.05, 0.1) is 22.3 Å². The maximum atomic E-state index is 13.5. The van der Waals surface area contributed by atoms with E-state index < -0.39 is 17.5 Å². The molecule has 2 unspecified atom stereocenters. The van der Waals surface area contributed by atoms with Gasteiger partial charge in [-0.2, -0.15) is 0 Å². The van der Waals surface area contributed by atoms with E-state index in [-0.39, 0.29) is 18.4 Å². The summed E-state index contributed by atoms with van der Waals surface area (Å²) < 4.78 is 6.35. The van der Waals surface area contributed by atoms with Gasteiger partial charge in [-0.1, -0.05) is 31.2 Å². The van der Waals surface area contributed by atoms with Crippen molar-refractivity contribution in [2.75, 3.05) is 26.7 Å². The van der Waals surface area contributed by atoms with Gasteiger partial charge in [-0.15, -0.1) is 11.3 Å². The molecule has 9 heteroatoms. The Morgan fingerprint density at radius 2 is 1.97 bits per heavy atom. The number of methoxy groups -OCH3 is 1. The number of nitrogens with one attached hydrogen (secondary N) is 1. The molecule has 3 heterocycles. The standard InChI is InChI=1S/C26H28N4O4S/c1-3-26(18-10-12-19(34-2)13-11-18)24(32)30(25(33)28-26)16-22(31)29-14-6-7-17(15-29)23-27-20-8-4-5-9-21(20)35-23/h4-5,8-13,17H,3,6-7,14-16H2,1-2H3,(H,28,33). The van der Waals surface area contributed by atoms with Gasteiger partial charge >= 0.3 is 6.03 Å². The minimum atomic E-state index is -1.19. The van der Waals surface area contributed by atoms with Crippen LogP contribution in [-0.4, -0.2) is 59.4 Å². The third-order valence-electron chi connectivity index (χ3n) is 7.02. The molecule has 2 aromatic carbocycles. The summed E-state index contributed by atoms with van der Waals surface area (Å²) in [5, 5.41) is 3.88. The topological polar surface area (TPSA) is 91.8 Å². The molecular weight excluding hydrogens is 464 g/mol. The van der Waals surface area contributed by atoms with E-state index in [2.05, 4.69) is 11.4 Å². The molecule has 4 amide bonds. The summed E-state index contributed by atoms with van der Waals surface area (Å²) in [6, 6.07) is 14.6. The summed E-state index contributed by atoms with van der Waals surface area (Å²) >= 11 is 1.67. The molecule has 0 spiro atoms. The van der Waals surface area contributed by atoms with Crippen molar-refractivity contribution in [2.24, 2.45) is 0 Å². The zero-order valence-electron chi connectivity index (χ0n) is 19.8. The van der Waals surface area contributed by atoms with Gasteiger partial charge in [0.2, 0.25) is 5.91 Å². The van der Waals surface area contributed by atoms with Crippen LogP contribution in [0.15, 0.2) is 48.5 Å². The Kier molecular flexibility index (Phi) is 6.19. The molecule has 2 aliphatic rings. The third-order valence-corrected chi connectivity index (χ3v) is 8.21. The minimum absolute atomic E-state index is 0.155. The molecule has 8 nitrogen and oxygen atoms in total. The minimum Gasteiger partial charge on any atom is -0.497 e. The Morgan fingerprint density at radius 3 is 2.69 bits per heavy atom. The van der Waals surface area contributed by atoms with Crippen molar-refractivity contribution in [1.82, 2.24) is 20.1 Å². The predicted molar refractivity (Wildman–Crippen MR) is 133 cm³/mol. The second kappa shape index (κ2) is 9.30. The zero-order chi connectivity index (χ0) is 24.6. The van der Waals surface area contributed by atoms with E-state index in [1.54, 1.807) is 47.6 Å². The van der Waals surface area contributed by atoms with Crippen molar-refractivity contribution in [1.29, 1.82) is 0 Å². The molecular formula is C26H28N4O4S. The van der Waals surface area contributed by atoms with Gasteiger partial charge in [0.25, 0.3) is 5.91 Å². The molecule has 0 saturated carbocycles. The number of hydrogen-bond donors (Lipinski definition) is 1. The molecule has 0 bridgehead atoms. The lowest BCUT2D eigenvalue weighted by atomic mass is 9.87. The van der Waals surface area contributed by atoms with Crippen LogP contribution in [0.25, 0.3) is 10.2 Å². The number of thiazole rings is 1. The number of imide groups is 1. The summed E-state index contributed by atoms with van der Waals surface area (Å²) in [6.45, 7) is 2.73. The molecule has 1 N–H and O–H groups in total. The number of fused-ring (bicyclic) bond motifs is 1. The number of aromatic nitrogens is 1. The summed E-state index contributed by atoms with van der Waals surface area (Å²) in [5.41, 5.74) is 0.461. The van der Waals surface area contributed by atoms with Crippen LogP contribution in [0.2, 0.25) is 0 Å². The molecule has 0 aliphatic carbocycles. The van der Waals surface area contributed by atoms with Gasteiger partial charge in [0.1, 0.15) is 17.8 Å². The van der Waals surface area contributed by atoms with Crippen LogP contribution in [0.1, 0.15) is 42.7 Å². The highest BCUT2D eigenvalue weighted by Gasteiger charge is 2.52. The summed E-state index contributed by atoms with van der Waals surface area (Å²) in [4.78, 5) is 47.1. The number of nitrogens with zero attached hydrogens (tertiary/aromatic N) is 3. The van der Waals surface area contributed by atoms with Crippen LogP contribution in [0, 0.1) is 0 Å². The van der Waals surface area contributed by atoms with Crippen molar-refractivity contribution >= 4 is 39.4 Å². The Hall–Kier alpha value is -3.46. The lowest BCUT2D eigenvalue weighted by Gasteiger charge is -2.32. The lowest BCUT2D eigenvalue weighted by Crippen LogP contribution is -2.47. The zero-order valence-corrected chi connectivity index (χ0v) is 20.6. The fraction of sp³-hybridized carbons (Fsp3) is 0.385. The first-order chi connectivity index (χ1) is 16.9. The summed E-state index contributed by atoms with van der Waals surface area (Å²) in [7, 11) is 1.57. The first-order valence-corrected chi connectivity index (χ1v) is 12.7. The third kappa shape index (κ3) is 4.14. The van der Waals surface area contributed by atoms with Gasteiger partial charge in [-0.05, 0) is 49.1 Å². The normalized spacial score (nSPS) is 22.5. The van der Waals surface area contributed by atoms with Crippen molar-refractivity contribution < 1.29 is 19.1 Å². The molecule has 2 fully saturated rings. The van der Waals surface area contributed by atoms with Crippen molar-refractivity contribution in [2.45, 2.75) is 37.6 Å². The highest BCUT2D eigenvalue weighted by atomic mass is 32.1. The van der Waals surface area contributed by atoms with Crippen LogP contribution >= 0.6 is 11.3 Å². The Balaban J connectivity index is 1.30. The van der Waals surface area contributed by atoms with E-state index in [4.69, 9.17) is 9.72 Å². The smallest absolute Gasteiger partial charge is 0.325 e. The number of benzene rings is 2. The number of hydrogen-bond acceptors (Lipinski definition) is 6. The molecule has 3 aromatic rings. The average molecular weight is 493 g/mol. The maximum Gasteiger partial charge on any atom is 0.325 e. The van der Waals surface area contributed by atoms with Crippen LogP contribution in [0.4, 0.5) is 4.79 Å². The second-order valence-corrected chi connectivity index (χ2v) is 10.1. The van der Waals surface area contributed by atoms with E-state index in [0.717, 1.165) is 33.0 Å². The first kappa shape index (κ1) is 23.3. The second-order valence-electron chi connectivity index (χ2n) is 9.01. The Morgan fingerprint density at radius 1 is 1.20 bits per heavy atom. The SMILES string of the molecule is CCC1(c2ccc(OC)cc2)NC(=O)N(CC(=O)N2CCCC(c3nc4ccccc4s3)C2)C1=O. The van der Waals surface area contributed by atoms with E-state index in [0.29, 0.717) is 30.8 Å². The molecule has 0 radical (unpaired) electrons. The Bertz CT molecular complexity index is 1240. The molecule has 1 aromatic heterocycles. The van der Waals surface area contributed by atoms with Crippen LogP contribution in [0.3, 0.4) is 0 Å². The van der Waals surface area contributed by atoms with Gasteiger partial charge in [-0.3, -0.25) is 14.5 Å². The largest absolute Gasteiger partial charge is 0.497 e. The van der Waals surface area contributed by atoms with E-state index in [1.807, 2.05) is 25.1 Å². The van der Waals surface area contributed by atoms with Crippen molar-refractivity contribution in [3.05, 3.63) is 59.1 Å². The van der Waals surface area contributed by atoms with E-state index in [9.17, 15) is 14.4 Å². The number of likely N-dealkylation sites (tertiary alicyclic amines) is 1. The molecule has 2 aliphatic heterocycles. The van der Waals surface area contributed by atoms with Crippen molar-refractivity contribution in [3.63, 3.8) is 0 Å². The predicted octanol–water partition coefficient (Wildman–Crippen LogP) is 3.87. The lowest BCUT2D eigenvalue weighted by molar-refractivity contribution is -0.140. The number of amides is 4. The average Bonchev–Trinajstić information content (AvgIpc) is 3.44. The summed E-state index contributed by atoms with van der Waals surface area (Å²) in [6.07, 6.45) is 2.19. The summed E-state index contributed by atoms with van der Waals surface area (Å²) in [5.74, 6) is 0.197. The Labute approximate surface area is 207 Å². The highest BCUT2D eigenvalue weighted by Crippen LogP contribution is 2.35. The van der Waals surface area contributed by atoms with Crippen LogP contribution < -0.4 is 10.1 Å². The number of urea groups is 1. The van der Waals surface area contributed by atoms with Gasteiger partial charge in [0, 0.05) is 19.0 Å². The molecule has 2 saturated heterocycles. The highest BCUT2D eigenvalue weighted by molar-refractivity contribution is 7.18. The van der Waals surface area contributed by atoms with Crippen LogP contribution in [0.5, 0.6) is 5.75 Å². The molecule has 35 heavy (non-hydrogen) atoms. The number of carbonyl (C=O) groups is 3. The maximum absolute atomic E-state index is 13.5. The van der Waals surface area contributed by atoms with Crippen molar-refractivity contribution in [3.8, 4) is 5.75 Å².